The zero-order valence-electron chi connectivity index (χ0n) is 12.7. The van der Waals surface area contributed by atoms with Crippen LogP contribution in [0.15, 0.2) is 0 Å². The van der Waals surface area contributed by atoms with Crippen molar-refractivity contribution >= 4 is 22.0 Å². The highest BCUT2D eigenvalue weighted by Crippen LogP contribution is 2.25. The molecule has 2 amide bonds. The Kier molecular flexibility index (Phi) is 8.26. The van der Waals surface area contributed by atoms with Crippen molar-refractivity contribution in [1.29, 1.82) is 0 Å². The Morgan fingerprint density at radius 2 is 1.67 bits per heavy atom. The minimum atomic E-state index is -3.32. The van der Waals surface area contributed by atoms with E-state index >= 15 is 0 Å². The summed E-state index contributed by atoms with van der Waals surface area (Å²) in [6, 6.07) is -0.435. The number of nitrogens with one attached hydrogen (secondary N) is 3. The van der Waals surface area contributed by atoms with Crippen molar-refractivity contribution in [2.45, 2.75) is 33.1 Å². The summed E-state index contributed by atoms with van der Waals surface area (Å²) in [7, 11) is -2.01. The maximum absolute atomic E-state index is 11.4. The van der Waals surface area contributed by atoms with Crippen LogP contribution in [0, 0.1) is 5.41 Å². The standard InChI is InChI=1S/C12H25N3O5S/c1-12(2,5-4-10(16)17)6-7-14-11(18)15-8-9-21(19,20)13-3/h13H,4-9H2,1-3H3,(H,16,17)(H2,14,15,18). The molecule has 0 bridgehead atoms. The Morgan fingerprint density at radius 1 is 1.10 bits per heavy atom. The van der Waals surface area contributed by atoms with E-state index in [9.17, 15) is 18.0 Å². The molecule has 0 aliphatic heterocycles. The molecule has 21 heavy (non-hydrogen) atoms. The van der Waals surface area contributed by atoms with E-state index in [2.05, 4.69) is 15.4 Å². The van der Waals surface area contributed by atoms with Gasteiger partial charge in [0.25, 0.3) is 0 Å². The van der Waals surface area contributed by atoms with Crippen LogP contribution in [0.1, 0.15) is 33.1 Å². The number of sulfonamides is 1. The third kappa shape index (κ3) is 11.0. The molecule has 0 aromatic heterocycles. The Hall–Kier alpha value is -1.35. The maximum Gasteiger partial charge on any atom is 0.314 e. The van der Waals surface area contributed by atoms with Gasteiger partial charge in [-0.25, -0.2) is 17.9 Å². The molecule has 4 N–H and O–H groups in total. The number of carboxylic acid groups (broad SMARTS) is 1. The summed E-state index contributed by atoms with van der Waals surface area (Å²) in [6.45, 7) is 4.30. The first kappa shape index (κ1) is 19.7. The largest absolute Gasteiger partial charge is 0.481 e. The molecule has 9 heteroatoms. The number of hydrogen-bond acceptors (Lipinski definition) is 4. The highest BCUT2D eigenvalue weighted by Gasteiger charge is 2.19. The molecule has 0 unspecified atom stereocenters. The number of rotatable bonds is 10. The van der Waals surface area contributed by atoms with Gasteiger partial charge in [0.1, 0.15) is 0 Å². The zero-order chi connectivity index (χ0) is 16.5. The minimum absolute atomic E-state index is 0.0252. The Labute approximate surface area is 125 Å². The van der Waals surface area contributed by atoms with Gasteiger partial charge < -0.3 is 15.7 Å². The van der Waals surface area contributed by atoms with Crippen LogP contribution in [0.4, 0.5) is 4.79 Å². The van der Waals surface area contributed by atoms with E-state index in [4.69, 9.17) is 5.11 Å². The lowest BCUT2D eigenvalue weighted by molar-refractivity contribution is -0.137. The first-order chi connectivity index (χ1) is 9.58. The van der Waals surface area contributed by atoms with Crippen LogP contribution in [0.25, 0.3) is 0 Å². The number of carbonyl (C=O) groups is 2. The second-order valence-electron chi connectivity index (χ2n) is 5.51. The molecule has 8 nitrogen and oxygen atoms in total. The molecule has 0 heterocycles. The van der Waals surface area contributed by atoms with Gasteiger partial charge in [-0.1, -0.05) is 13.8 Å². The highest BCUT2D eigenvalue weighted by molar-refractivity contribution is 7.89. The summed E-state index contributed by atoms with van der Waals surface area (Å²) in [5.41, 5.74) is -0.179. The van der Waals surface area contributed by atoms with Gasteiger partial charge in [-0.05, 0) is 25.3 Å². The van der Waals surface area contributed by atoms with E-state index in [0.29, 0.717) is 19.4 Å². The molecule has 0 aromatic carbocycles. The van der Waals surface area contributed by atoms with Crippen molar-refractivity contribution in [2.75, 3.05) is 25.9 Å². The van der Waals surface area contributed by atoms with Gasteiger partial charge in [0, 0.05) is 19.5 Å². The van der Waals surface area contributed by atoms with Crippen LogP contribution >= 0.6 is 0 Å². The summed E-state index contributed by atoms with van der Waals surface area (Å²) in [5.74, 6) is -1.01. The van der Waals surface area contributed by atoms with Crippen molar-refractivity contribution in [3.63, 3.8) is 0 Å². The van der Waals surface area contributed by atoms with Gasteiger partial charge in [0.15, 0.2) is 0 Å². The lowest BCUT2D eigenvalue weighted by atomic mass is 9.84. The summed E-state index contributed by atoms with van der Waals surface area (Å²) < 4.78 is 24.4. The van der Waals surface area contributed by atoms with E-state index in [-0.39, 0.29) is 24.1 Å². The van der Waals surface area contributed by atoms with Gasteiger partial charge in [-0.3, -0.25) is 4.79 Å². The second-order valence-corrected chi connectivity index (χ2v) is 7.56. The molecule has 0 fully saturated rings. The van der Waals surface area contributed by atoms with E-state index in [0.717, 1.165) is 0 Å². The van der Waals surface area contributed by atoms with Crippen LogP contribution in [0.2, 0.25) is 0 Å². The Morgan fingerprint density at radius 3 is 2.19 bits per heavy atom. The summed E-state index contributed by atoms with van der Waals surface area (Å²) in [5, 5.41) is 13.7. The minimum Gasteiger partial charge on any atom is -0.481 e. The Bertz CT molecular complexity index is 448. The van der Waals surface area contributed by atoms with E-state index in [1.54, 1.807) is 0 Å². The zero-order valence-corrected chi connectivity index (χ0v) is 13.5. The fourth-order valence-electron chi connectivity index (χ4n) is 1.55. The lowest BCUT2D eigenvalue weighted by Crippen LogP contribution is -2.40. The third-order valence-corrected chi connectivity index (χ3v) is 4.43. The molecule has 0 saturated heterocycles. The predicted octanol–water partition coefficient (Wildman–Crippen LogP) is 0.116. The average Bonchev–Trinajstić information content (AvgIpc) is 2.36. The molecular formula is C12H25N3O5S. The van der Waals surface area contributed by atoms with Gasteiger partial charge in [0.05, 0.1) is 5.75 Å². The molecule has 0 atom stereocenters. The fourth-order valence-corrected chi connectivity index (χ4v) is 2.12. The molecule has 0 spiro atoms. The summed E-state index contributed by atoms with van der Waals surface area (Å²) in [4.78, 5) is 22.0. The molecular weight excluding hydrogens is 298 g/mol. The summed E-state index contributed by atoms with van der Waals surface area (Å²) >= 11 is 0. The van der Waals surface area contributed by atoms with E-state index in [1.807, 2.05) is 13.8 Å². The monoisotopic (exact) mass is 323 g/mol. The SMILES string of the molecule is CNS(=O)(=O)CCNC(=O)NCCC(C)(C)CCC(=O)O. The molecule has 0 aromatic rings. The average molecular weight is 323 g/mol. The molecule has 124 valence electrons. The number of carboxylic acids is 1. The predicted molar refractivity (Wildman–Crippen MR) is 79.5 cm³/mol. The topological polar surface area (TPSA) is 125 Å². The number of amides is 2. The van der Waals surface area contributed by atoms with Gasteiger partial charge in [0.2, 0.25) is 10.0 Å². The molecule has 0 aliphatic carbocycles. The maximum atomic E-state index is 11.4. The van der Waals surface area contributed by atoms with Crippen LogP contribution in [0.3, 0.4) is 0 Å². The smallest absolute Gasteiger partial charge is 0.314 e. The number of urea groups is 1. The van der Waals surface area contributed by atoms with Gasteiger partial charge in [-0.2, -0.15) is 0 Å². The van der Waals surface area contributed by atoms with Crippen molar-refractivity contribution in [1.82, 2.24) is 15.4 Å². The first-order valence-corrected chi connectivity index (χ1v) is 8.38. The van der Waals surface area contributed by atoms with Gasteiger partial charge in [-0.15, -0.1) is 0 Å². The van der Waals surface area contributed by atoms with Crippen molar-refractivity contribution in [3.05, 3.63) is 0 Å². The first-order valence-electron chi connectivity index (χ1n) is 6.73. The molecule has 0 rings (SSSR count). The third-order valence-electron chi connectivity index (χ3n) is 3.07. The second kappa shape index (κ2) is 8.83. The summed E-state index contributed by atoms with van der Waals surface area (Å²) in [6.07, 6.45) is 1.27. The normalized spacial score (nSPS) is 12.0. The highest BCUT2D eigenvalue weighted by atomic mass is 32.2. The van der Waals surface area contributed by atoms with E-state index in [1.165, 1.54) is 7.05 Å². The molecule has 0 radical (unpaired) electrons. The van der Waals surface area contributed by atoms with Crippen LogP contribution < -0.4 is 15.4 Å². The van der Waals surface area contributed by atoms with Crippen molar-refractivity contribution in [3.8, 4) is 0 Å². The van der Waals surface area contributed by atoms with Gasteiger partial charge >= 0.3 is 12.0 Å². The number of carbonyl (C=O) groups excluding carboxylic acids is 1. The van der Waals surface area contributed by atoms with E-state index < -0.39 is 22.0 Å². The fraction of sp³-hybridized carbons (Fsp3) is 0.833. The number of aliphatic carboxylic acids is 1. The van der Waals surface area contributed by atoms with Crippen molar-refractivity contribution in [2.24, 2.45) is 5.41 Å². The number of hydrogen-bond donors (Lipinski definition) is 4. The van der Waals surface area contributed by atoms with Crippen LogP contribution in [-0.2, 0) is 14.8 Å². The van der Waals surface area contributed by atoms with Crippen LogP contribution in [0.5, 0.6) is 0 Å². The lowest BCUT2D eigenvalue weighted by Gasteiger charge is -2.23. The molecule has 0 saturated carbocycles. The quantitative estimate of drug-likeness (QED) is 0.454. The molecule has 0 aliphatic rings. The Balaban J connectivity index is 3.86. The van der Waals surface area contributed by atoms with Crippen LogP contribution in [-0.4, -0.2) is 51.4 Å². The van der Waals surface area contributed by atoms with Crippen molar-refractivity contribution < 1.29 is 23.1 Å².